The average molecular weight is 519 g/mol. The summed E-state index contributed by atoms with van der Waals surface area (Å²) in [5.74, 6) is 1.11. The monoisotopic (exact) mass is 518 g/mol. The van der Waals surface area contributed by atoms with Crippen molar-refractivity contribution in [2.45, 2.75) is 25.9 Å². The number of piperidine rings is 1. The van der Waals surface area contributed by atoms with Gasteiger partial charge in [-0.2, -0.15) is 10.5 Å². The van der Waals surface area contributed by atoms with Crippen molar-refractivity contribution < 1.29 is 13.9 Å². The Balaban J connectivity index is 1.65. The Bertz CT molecular complexity index is 1570. The maximum absolute atomic E-state index is 14.7. The molecular formula is C32H27FN4O2. The van der Waals surface area contributed by atoms with Gasteiger partial charge < -0.3 is 14.4 Å². The van der Waals surface area contributed by atoms with Crippen molar-refractivity contribution in [1.29, 1.82) is 10.5 Å². The first-order valence-electron chi connectivity index (χ1n) is 12.9. The smallest absolute Gasteiger partial charge is 0.162 e. The molecule has 6 nitrogen and oxygen atoms in total. The van der Waals surface area contributed by atoms with Gasteiger partial charge in [0.2, 0.25) is 0 Å². The summed E-state index contributed by atoms with van der Waals surface area (Å²) < 4.78 is 26.4. The molecule has 1 aliphatic heterocycles. The minimum absolute atomic E-state index is 0.0419. The van der Waals surface area contributed by atoms with E-state index < -0.39 is 5.82 Å². The molecule has 0 radical (unpaired) electrons. The van der Waals surface area contributed by atoms with Crippen LogP contribution in [0.5, 0.6) is 11.5 Å². The molecule has 0 saturated carbocycles. The lowest BCUT2D eigenvalue weighted by Gasteiger charge is -2.29. The molecule has 0 unspecified atom stereocenters. The Kier molecular flexibility index (Phi) is 7.70. The van der Waals surface area contributed by atoms with Crippen molar-refractivity contribution in [3.63, 3.8) is 0 Å². The third-order valence-electron chi connectivity index (χ3n) is 6.85. The van der Waals surface area contributed by atoms with Gasteiger partial charge in [0.25, 0.3) is 0 Å². The highest BCUT2D eigenvalue weighted by molar-refractivity contribution is 5.85. The summed E-state index contributed by atoms with van der Waals surface area (Å²) in [6.07, 6.45) is 3.21. The zero-order valence-electron chi connectivity index (χ0n) is 21.7. The Labute approximate surface area is 227 Å². The van der Waals surface area contributed by atoms with Gasteiger partial charge in [-0.25, -0.2) is 9.37 Å². The van der Waals surface area contributed by atoms with E-state index in [2.05, 4.69) is 11.0 Å². The Morgan fingerprint density at radius 1 is 0.846 bits per heavy atom. The van der Waals surface area contributed by atoms with E-state index in [4.69, 9.17) is 14.5 Å². The third-order valence-corrected chi connectivity index (χ3v) is 6.85. The molecule has 39 heavy (non-hydrogen) atoms. The maximum atomic E-state index is 14.7. The lowest BCUT2D eigenvalue weighted by atomic mass is 9.96. The molecule has 7 heteroatoms. The van der Waals surface area contributed by atoms with Crippen LogP contribution in [0.2, 0.25) is 0 Å². The van der Waals surface area contributed by atoms with Gasteiger partial charge in [0.15, 0.2) is 11.5 Å². The largest absolute Gasteiger partial charge is 0.493 e. The van der Waals surface area contributed by atoms with E-state index in [1.54, 1.807) is 19.2 Å². The molecule has 1 fully saturated rings. The molecule has 0 spiro atoms. The van der Waals surface area contributed by atoms with E-state index in [0.717, 1.165) is 43.5 Å². The molecule has 1 saturated heterocycles. The van der Waals surface area contributed by atoms with Crippen molar-refractivity contribution in [1.82, 2.24) is 4.98 Å². The summed E-state index contributed by atoms with van der Waals surface area (Å²) in [7, 11) is 1.59. The van der Waals surface area contributed by atoms with Crippen LogP contribution in [0.1, 0.15) is 36.0 Å². The zero-order valence-corrected chi connectivity index (χ0v) is 21.7. The van der Waals surface area contributed by atoms with Crippen LogP contribution in [0.15, 0.2) is 72.8 Å². The van der Waals surface area contributed by atoms with Crippen LogP contribution in [0.25, 0.3) is 22.4 Å². The van der Waals surface area contributed by atoms with Gasteiger partial charge >= 0.3 is 0 Å². The van der Waals surface area contributed by atoms with Gasteiger partial charge in [0.1, 0.15) is 30.4 Å². The first kappa shape index (κ1) is 25.8. The number of hydrogen-bond acceptors (Lipinski definition) is 6. The number of benzene rings is 3. The minimum atomic E-state index is -0.624. The van der Waals surface area contributed by atoms with Crippen LogP contribution < -0.4 is 14.4 Å². The fourth-order valence-corrected chi connectivity index (χ4v) is 4.82. The fourth-order valence-electron chi connectivity index (χ4n) is 4.82. The van der Waals surface area contributed by atoms with E-state index in [1.165, 1.54) is 12.1 Å². The van der Waals surface area contributed by atoms with Crippen LogP contribution >= 0.6 is 0 Å². The number of ether oxygens (including phenoxy) is 2. The van der Waals surface area contributed by atoms with Crippen molar-refractivity contribution in [3.8, 4) is 46.0 Å². The molecule has 1 aromatic heterocycles. The summed E-state index contributed by atoms with van der Waals surface area (Å²) in [6.45, 7) is 1.99. The number of nitrogens with zero attached hydrogens (tertiary/aromatic N) is 4. The molecule has 0 bridgehead atoms. The second-order valence-electron chi connectivity index (χ2n) is 9.36. The van der Waals surface area contributed by atoms with E-state index in [9.17, 15) is 14.9 Å². The van der Waals surface area contributed by atoms with Crippen LogP contribution in [0.4, 0.5) is 10.2 Å². The summed E-state index contributed by atoms with van der Waals surface area (Å²) in [5.41, 5.74) is 3.84. The molecule has 0 amide bonds. The molecule has 194 valence electrons. The minimum Gasteiger partial charge on any atom is -0.493 e. The predicted octanol–water partition coefficient (Wildman–Crippen LogP) is 6.88. The zero-order chi connectivity index (χ0) is 27.2. The van der Waals surface area contributed by atoms with Crippen molar-refractivity contribution >= 4 is 5.82 Å². The number of aromatic nitrogens is 1. The average Bonchev–Trinajstić information content (AvgIpc) is 3.00. The summed E-state index contributed by atoms with van der Waals surface area (Å²) in [6, 6.07) is 25.8. The maximum Gasteiger partial charge on any atom is 0.162 e. The Morgan fingerprint density at radius 3 is 2.28 bits per heavy atom. The van der Waals surface area contributed by atoms with E-state index in [1.807, 2.05) is 54.6 Å². The van der Waals surface area contributed by atoms with Crippen LogP contribution in [-0.4, -0.2) is 25.2 Å². The fraction of sp³-hybridized carbons (Fsp3) is 0.219. The molecular weight excluding hydrogens is 491 g/mol. The van der Waals surface area contributed by atoms with E-state index >= 15 is 0 Å². The first-order valence-corrected chi connectivity index (χ1v) is 12.9. The molecule has 4 aromatic rings. The summed E-state index contributed by atoms with van der Waals surface area (Å²) >= 11 is 0. The van der Waals surface area contributed by atoms with Crippen molar-refractivity contribution in [2.24, 2.45) is 0 Å². The second kappa shape index (κ2) is 11.7. The number of rotatable bonds is 7. The molecule has 2 heterocycles. The van der Waals surface area contributed by atoms with Crippen molar-refractivity contribution in [2.75, 3.05) is 25.1 Å². The number of methoxy groups -OCH3 is 1. The third kappa shape index (κ3) is 5.54. The lowest BCUT2D eigenvalue weighted by molar-refractivity contribution is 0.284. The first-order chi connectivity index (χ1) is 19.1. The van der Waals surface area contributed by atoms with E-state index in [0.29, 0.717) is 46.3 Å². The SMILES string of the molecule is COc1ccc(-c2nc(N3CCCCC3)c(C#N)cc2-c2ccc(C#N)c(F)c2)cc1OCc1ccccc1. The van der Waals surface area contributed by atoms with Gasteiger partial charge in [0, 0.05) is 24.2 Å². The van der Waals surface area contributed by atoms with Gasteiger partial charge in [-0.3, -0.25) is 0 Å². The quantitative estimate of drug-likeness (QED) is 0.265. The predicted molar refractivity (Wildman–Crippen MR) is 148 cm³/mol. The Hall–Kier alpha value is -4.88. The van der Waals surface area contributed by atoms with Gasteiger partial charge in [-0.1, -0.05) is 36.4 Å². The van der Waals surface area contributed by atoms with E-state index in [-0.39, 0.29) is 5.56 Å². The Morgan fingerprint density at radius 2 is 1.59 bits per heavy atom. The van der Waals surface area contributed by atoms with Gasteiger partial charge in [0.05, 0.1) is 23.9 Å². The van der Waals surface area contributed by atoms with Gasteiger partial charge in [-0.05, 0) is 66.8 Å². The number of hydrogen-bond donors (Lipinski definition) is 0. The molecule has 1 aliphatic rings. The van der Waals surface area contributed by atoms with Crippen molar-refractivity contribution in [3.05, 3.63) is 95.3 Å². The molecule has 0 N–H and O–H groups in total. The summed E-state index contributed by atoms with van der Waals surface area (Å²) in [5, 5.41) is 19.3. The van der Waals surface area contributed by atoms with Crippen LogP contribution in [0, 0.1) is 28.5 Å². The molecule has 0 aliphatic carbocycles. The number of pyridine rings is 1. The summed E-state index contributed by atoms with van der Waals surface area (Å²) in [4.78, 5) is 7.16. The molecule has 5 rings (SSSR count). The lowest BCUT2D eigenvalue weighted by Crippen LogP contribution is -2.31. The van der Waals surface area contributed by atoms with Gasteiger partial charge in [-0.15, -0.1) is 0 Å². The number of nitriles is 2. The molecule has 3 aromatic carbocycles. The highest BCUT2D eigenvalue weighted by Crippen LogP contribution is 2.39. The second-order valence-corrected chi connectivity index (χ2v) is 9.36. The highest BCUT2D eigenvalue weighted by Gasteiger charge is 2.22. The standard InChI is InChI=1S/C32H27FN4O2/c1-38-29-13-12-24(18-30(29)39-21-22-8-4-2-5-9-22)31-27(23-10-11-25(19-34)28(33)17-23)16-26(20-35)32(36-31)37-14-6-3-7-15-37/h2,4-5,8-13,16-18H,3,6-7,14-15,21H2,1H3. The van der Waals surface area contributed by atoms with Crippen LogP contribution in [0.3, 0.4) is 0 Å². The van der Waals surface area contributed by atoms with Crippen LogP contribution in [-0.2, 0) is 6.61 Å². The number of halogens is 1. The number of anilines is 1. The molecule has 0 atom stereocenters. The topological polar surface area (TPSA) is 82.2 Å². The highest BCUT2D eigenvalue weighted by atomic mass is 19.1. The normalized spacial score (nSPS) is 12.9.